The van der Waals surface area contributed by atoms with E-state index in [-0.39, 0.29) is 11.5 Å². The van der Waals surface area contributed by atoms with Gasteiger partial charge in [-0.2, -0.15) is 0 Å². The Kier molecular flexibility index (Phi) is 4.46. The zero-order valence-electron chi connectivity index (χ0n) is 11.2. The Balaban J connectivity index is 2.40. The van der Waals surface area contributed by atoms with Crippen LogP contribution in [0, 0.1) is 3.57 Å². The van der Waals surface area contributed by atoms with Crippen molar-refractivity contribution in [3.63, 3.8) is 0 Å². The third-order valence-electron chi connectivity index (χ3n) is 3.01. The molecule has 0 bridgehead atoms. The molecule has 0 heterocycles. The summed E-state index contributed by atoms with van der Waals surface area (Å²) in [6, 6.07) is 11.5. The smallest absolute Gasteiger partial charge is 0.337 e. The molecule has 3 N–H and O–H groups in total. The quantitative estimate of drug-likeness (QED) is 0.618. The van der Waals surface area contributed by atoms with Crippen molar-refractivity contribution >= 4 is 45.8 Å². The number of nitrogen functional groups attached to an aromatic ring is 1. The maximum atomic E-state index is 12.4. The molecule has 0 radical (unpaired) electrons. The number of amides is 1. The molecule has 0 atom stereocenters. The number of rotatable bonds is 3. The van der Waals surface area contributed by atoms with Crippen LogP contribution in [0.5, 0.6) is 0 Å². The van der Waals surface area contributed by atoms with Crippen LogP contribution in [0.15, 0.2) is 42.5 Å². The average Bonchev–Trinajstić information content (AvgIpc) is 2.46. The minimum absolute atomic E-state index is 0.00337. The number of halogens is 1. The lowest BCUT2D eigenvalue weighted by Crippen LogP contribution is -2.28. The van der Waals surface area contributed by atoms with Gasteiger partial charge in [-0.3, -0.25) is 4.79 Å². The molecular weight excluding hydrogens is 383 g/mol. The van der Waals surface area contributed by atoms with Gasteiger partial charge in [-0.15, -0.1) is 0 Å². The summed E-state index contributed by atoms with van der Waals surface area (Å²) in [5.41, 5.74) is 6.73. The maximum absolute atomic E-state index is 12.4. The monoisotopic (exact) mass is 396 g/mol. The van der Waals surface area contributed by atoms with Gasteiger partial charge in [-0.25, -0.2) is 4.79 Å². The first-order chi connectivity index (χ1) is 9.90. The molecule has 1 amide bonds. The highest BCUT2D eigenvalue weighted by atomic mass is 127. The highest BCUT2D eigenvalue weighted by Gasteiger charge is 2.19. The van der Waals surface area contributed by atoms with E-state index in [0.717, 1.165) is 3.57 Å². The molecule has 0 aliphatic carbocycles. The predicted molar refractivity (Wildman–Crippen MR) is 89.7 cm³/mol. The summed E-state index contributed by atoms with van der Waals surface area (Å²) in [7, 11) is 1.54. The third-order valence-corrected chi connectivity index (χ3v) is 3.73. The van der Waals surface area contributed by atoms with Crippen LogP contribution in [0.25, 0.3) is 0 Å². The number of carbonyl (C=O) groups excluding carboxylic acids is 1. The van der Waals surface area contributed by atoms with Crippen LogP contribution in [0.4, 0.5) is 11.4 Å². The molecule has 2 rings (SSSR count). The van der Waals surface area contributed by atoms with Gasteiger partial charge in [0.05, 0.1) is 11.3 Å². The molecule has 2 aromatic rings. The van der Waals surface area contributed by atoms with Gasteiger partial charge in [0.25, 0.3) is 5.91 Å². The second kappa shape index (κ2) is 6.13. The fourth-order valence-corrected chi connectivity index (χ4v) is 2.27. The number of carboxylic acid groups (broad SMARTS) is 1. The van der Waals surface area contributed by atoms with Gasteiger partial charge in [-0.1, -0.05) is 0 Å². The first-order valence-corrected chi connectivity index (χ1v) is 7.14. The summed E-state index contributed by atoms with van der Waals surface area (Å²) in [6.45, 7) is 0. The number of hydrogen-bond acceptors (Lipinski definition) is 3. The Labute approximate surface area is 135 Å². The Bertz CT molecular complexity index is 699. The second-order valence-electron chi connectivity index (χ2n) is 4.45. The van der Waals surface area contributed by atoms with Crippen molar-refractivity contribution in [1.29, 1.82) is 0 Å². The van der Waals surface area contributed by atoms with Crippen LogP contribution in [0.2, 0.25) is 0 Å². The van der Waals surface area contributed by atoms with Gasteiger partial charge >= 0.3 is 5.97 Å². The Hall–Kier alpha value is -2.09. The van der Waals surface area contributed by atoms with Crippen LogP contribution >= 0.6 is 22.6 Å². The minimum Gasteiger partial charge on any atom is -0.478 e. The van der Waals surface area contributed by atoms with E-state index >= 15 is 0 Å². The SMILES string of the molecule is CN(C(=O)c1ccc(I)cc1)c1ccc(N)cc1C(=O)O. The molecule has 0 aliphatic rings. The van der Waals surface area contributed by atoms with Crippen LogP contribution in [-0.2, 0) is 0 Å². The molecule has 21 heavy (non-hydrogen) atoms. The van der Waals surface area contributed by atoms with Crippen LogP contribution < -0.4 is 10.6 Å². The lowest BCUT2D eigenvalue weighted by atomic mass is 10.1. The number of benzene rings is 2. The summed E-state index contributed by atoms with van der Waals surface area (Å²) < 4.78 is 1.02. The fraction of sp³-hybridized carbons (Fsp3) is 0.0667. The molecule has 0 aliphatic heterocycles. The van der Waals surface area contributed by atoms with Crippen molar-refractivity contribution in [2.24, 2.45) is 0 Å². The van der Waals surface area contributed by atoms with E-state index in [1.165, 1.54) is 24.1 Å². The molecule has 0 unspecified atom stereocenters. The lowest BCUT2D eigenvalue weighted by Gasteiger charge is -2.19. The zero-order chi connectivity index (χ0) is 15.6. The number of carbonyl (C=O) groups is 2. The highest BCUT2D eigenvalue weighted by Crippen LogP contribution is 2.24. The summed E-state index contributed by atoms with van der Waals surface area (Å²) in [5.74, 6) is -1.40. The minimum atomic E-state index is -1.13. The van der Waals surface area contributed by atoms with Gasteiger partial charge in [0.2, 0.25) is 0 Å². The van der Waals surface area contributed by atoms with Crippen molar-refractivity contribution in [3.8, 4) is 0 Å². The van der Waals surface area contributed by atoms with Gasteiger partial charge in [0.1, 0.15) is 0 Å². The largest absolute Gasteiger partial charge is 0.478 e. The molecule has 5 nitrogen and oxygen atoms in total. The predicted octanol–water partition coefficient (Wildman–Crippen LogP) is 2.85. The number of aromatic carboxylic acids is 1. The molecule has 0 spiro atoms. The van der Waals surface area contributed by atoms with Gasteiger partial charge in [0, 0.05) is 21.9 Å². The second-order valence-corrected chi connectivity index (χ2v) is 5.70. The molecule has 0 saturated heterocycles. The Morgan fingerprint density at radius 1 is 1.14 bits per heavy atom. The summed E-state index contributed by atoms with van der Waals surface area (Å²) in [5, 5.41) is 9.23. The summed E-state index contributed by atoms with van der Waals surface area (Å²) >= 11 is 2.15. The van der Waals surface area contributed by atoms with E-state index in [2.05, 4.69) is 22.6 Å². The Morgan fingerprint density at radius 3 is 2.33 bits per heavy atom. The van der Waals surface area contributed by atoms with E-state index in [1.807, 2.05) is 12.1 Å². The van der Waals surface area contributed by atoms with E-state index in [4.69, 9.17) is 5.73 Å². The summed E-state index contributed by atoms with van der Waals surface area (Å²) in [6.07, 6.45) is 0. The molecular formula is C15H13IN2O3. The van der Waals surface area contributed by atoms with Gasteiger partial charge in [-0.05, 0) is 65.1 Å². The zero-order valence-corrected chi connectivity index (χ0v) is 13.4. The van der Waals surface area contributed by atoms with E-state index in [0.29, 0.717) is 16.9 Å². The van der Waals surface area contributed by atoms with Crippen LogP contribution in [0.1, 0.15) is 20.7 Å². The standard InChI is InChI=1S/C15H13IN2O3/c1-18(14(19)9-2-4-10(16)5-3-9)13-7-6-11(17)8-12(13)15(20)21/h2-8H,17H2,1H3,(H,20,21). The molecule has 6 heteroatoms. The number of hydrogen-bond donors (Lipinski definition) is 2. The van der Waals surface area contributed by atoms with E-state index < -0.39 is 5.97 Å². The van der Waals surface area contributed by atoms with Crippen molar-refractivity contribution in [1.82, 2.24) is 0 Å². The first-order valence-electron chi connectivity index (χ1n) is 6.06. The van der Waals surface area contributed by atoms with E-state index in [9.17, 15) is 14.7 Å². The van der Waals surface area contributed by atoms with Gasteiger partial charge < -0.3 is 15.7 Å². The Morgan fingerprint density at radius 2 is 1.76 bits per heavy atom. The average molecular weight is 396 g/mol. The van der Waals surface area contributed by atoms with Crippen molar-refractivity contribution in [2.45, 2.75) is 0 Å². The normalized spacial score (nSPS) is 10.2. The topological polar surface area (TPSA) is 83.6 Å². The first kappa shape index (κ1) is 15.3. The van der Waals surface area contributed by atoms with Crippen LogP contribution in [0.3, 0.4) is 0 Å². The fourth-order valence-electron chi connectivity index (χ4n) is 1.91. The molecule has 0 fully saturated rings. The molecule has 108 valence electrons. The third kappa shape index (κ3) is 3.33. The number of carboxylic acids is 1. The van der Waals surface area contributed by atoms with Crippen molar-refractivity contribution in [2.75, 3.05) is 17.7 Å². The highest BCUT2D eigenvalue weighted by molar-refractivity contribution is 14.1. The maximum Gasteiger partial charge on any atom is 0.337 e. The van der Waals surface area contributed by atoms with Crippen molar-refractivity contribution in [3.05, 3.63) is 57.2 Å². The van der Waals surface area contributed by atoms with Gasteiger partial charge in [0.15, 0.2) is 0 Å². The molecule has 2 aromatic carbocycles. The van der Waals surface area contributed by atoms with E-state index in [1.54, 1.807) is 18.2 Å². The number of nitrogens with two attached hydrogens (primary N) is 1. The van der Waals surface area contributed by atoms with Crippen LogP contribution in [-0.4, -0.2) is 24.0 Å². The molecule has 0 aromatic heterocycles. The lowest BCUT2D eigenvalue weighted by molar-refractivity contribution is 0.0698. The summed E-state index contributed by atoms with van der Waals surface area (Å²) in [4.78, 5) is 25.0. The number of anilines is 2. The molecule has 0 saturated carbocycles. The number of nitrogens with zero attached hydrogens (tertiary/aromatic N) is 1. The van der Waals surface area contributed by atoms with Crippen molar-refractivity contribution < 1.29 is 14.7 Å².